The van der Waals surface area contributed by atoms with E-state index < -0.39 is 7.32 Å². The molecule has 10 heteroatoms. The molecular weight excluding hydrogens is 329 g/mol. The second kappa shape index (κ2) is 17.1. The third kappa shape index (κ3) is 81.5. The van der Waals surface area contributed by atoms with Crippen LogP contribution in [-0.2, 0) is 0 Å². The monoisotopic (exact) mass is 371 g/mol. The van der Waals surface area contributed by atoms with Crippen molar-refractivity contribution >= 4 is 7.32 Å². The van der Waals surface area contributed by atoms with Crippen LogP contribution in [0.25, 0.3) is 0 Å². The van der Waals surface area contributed by atoms with E-state index in [-0.39, 0.29) is 19.8 Å². The van der Waals surface area contributed by atoms with E-state index in [1.807, 2.05) is 0 Å². The van der Waals surface area contributed by atoms with E-state index in [9.17, 15) is 0 Å². The molecule has 0 spiro atoms. The lowest BCUT2D eigenvalue weighted by molar-refractivity contribution is -0.870. The lowest BCUT2D eigenvalue weighted by Crippen LogP contribution is -2.56. The van der Waals surface area contributed by atoms with E-state index in [4.69, 9.17) is 30.4 Å². The Bertz CT molecular complexity index is 223. The molecule has 0 atom stereocenters. The number of likely N-dealkylation sites (N-methyl/N-ethyl adjacent to an activating group) is 3. The lowest BCUT2D eigenvalue weighted by Gasteiger charge is -2.35. The summed E-state index contributed by atoms with van der Waals surface area (Å²) in [5, 5.41) is 50.4. The minimum absolute atomic E-state index is 0.281. The van der Waals surface area contributed by atoms with Crippen LogP contribution in [0.5, 0.6) is 0 Å². The first-order chi connectivity index (χ1) is 10.9. The second-order valence-electron chi connectivity index (χ2n) is 8.50. The summed E-state index contributed by atoms with van der Waals surface area (Å²) < 4.78 is 2.53. The fourth-order valence-corrected chi connectivity index (χ4v) is 0.900. The number of quaternary nitrogens is 3. The predicted octanol–water partition coefficient (Wildman–Crippen LogP) is -4.89. The van der Waals surface area contributed by atoms with Gasteiger partial charge in [0.15, 0.2) is 0 Å². The van der Waals surface area contributed by atoms with Gasteiger partial charge in [0.1, 0.15) is 19.6 Å². The SMILES string of the molecule is C[N+](C)(C)CCO.C[N+](C)(C)CCO.C[N+](C)(C)CCO.[O-]B([O-])[O-]. The standard InChI is InChI=1S/3C5H14NO.BO3/c3*1-6(2,3)4-5-7;2-1(3)4/h3*7H,4-5H2,1-3H3;/q3*+1;-3. The molecule has 0 aromatic carbocycles. The fraction of sp³-hybridized carbons (Fsp3) is 1.00. The van der Waals surface area contributed by atoms with Gasteiger partial charge >= 0.3 is 0 Å². The van der Waals surface area contributed by atoms with Crippen LogP contribution in [0.1, 0.15) is 0 Å². The molecule has 0 bridgehead atoms. The molecule has 0 fully saturated rings. The van der Waals surface area contributed by atoms with Crippen LogP contribution >= 0.6 is 0 Å². The molecule has 9 nitrogen and oxygen atoms in total. The summed E-state index contributed by atoms with van der Waals surface area (Å²) in [6.07, 6.45) is 0. The van der Waals surface area contributed by atoms with E-state index in [0.717, 1.165) is 33.1 Å². The van der Waals surface area contributed by atoms with Crippen LogP contribution in [0.15, 0.2) is 0 Å². The van der Waals surface area contributed by atoms with Gasteiger partial charge in [-0.2, -0.15) is 0 Å². The van der Waals surface area contributed by atoms with Crippen molar-refractivity contribution in [2.24, 2.45) is 0 Å². The van der Waals surface area contributed by atoms with Gasteiger partial charge in [-0.25, -0.2) is 0 Å². The number of hydrogen-bond acceptors (Lipinski definition) is 6. The van der Waals surface area contributed by atoms with E-state index in [1.54, 1.807) is 0 Å². The molecule has 0 aliphatic heterocycles. The largest absolute Gasteiger partial charge is 0.907 e. The zero-order chi connectivity index (χ0) is 21.3. The van der Waals surface area contributed by atoms with Gasteiger partial charge in [-0.15, -0.1) is 0 Å². The first kappa shape index (κ1) is 32.4. The molecule has 0 saturated heterocycles. The molecule has 0 aliphatic carbocycles. The Kier molecular flexibility index (Phi) is 22.2. The van der Waals surface area contributed by atoms with E-state index in [0.29, 0.717) is 0 Å². The average molecular weight is 371 g/mol. The maximum atomic E-state index is 8.42. The van der Waals surface area contributed by atoms with Gasteiger partial charge in [-0.1, -0.05) is 0 Å². The molecule has 0 unspecified atom stereocenters. The van der Waals surface area contributed by atoms with Crippen LogP contribution in [0, 0.1) is 0 Å². The highest BCUT2D eigenvalue weighted by atomic mass is 16.5. The van der Waals surface area contributed by atoms with E-state index >= 15 is 0 Å². The summed E-state index contributed by atoms with van der Waals surface area (Å²) >= 11 is 0. The maximum absolute atomic E-state index is 8.42. The van der Waals surface area contributed by atoms with Gasteiger partial charge < -0.3 is 43.8 Å². The van der Waals surface area contributed by atoms with Crippen molar-refractivity contribution in [2.45, 2.75) is 0 Å². The number of aliphatic hydroxyl groups excluding tert-OH is 3. The molecular formula is C15H42BN3O6. The predicted molar refractivity (Wildman–Crippen MR) is 95.7 cm³/mol. The van der Waals surface area contributed by atoms with Crippen molar-refractivity contribution in [1.82, 2.24) is 0 Å². The highest BCUT2D eigenvalue weighted by molar-refractivity contribution is 6.24. The third-order valence-electron chi connectivity index (χ3n) is 2.31. The van der Waals surface area contributed by atoms with Gasteiger partial charge in [0.05, 0.1) is 83.2 Å². The molecule has 0 heterocycles. The lowest BCUT2D eigenvalue weighted by atomic mass is 10.3. The minimum atomic E-state index is -2.92. The van der Waals surface area contributed by atoms with Gasteiger partial charge in [0.2, 0.25) is 0 Å². The fourth-order valence-electron chi connectivity index (χ4n) is 0.900. The van der Waals surface area contributed by atoms with Crippen LogP contribution < -0.4 is 15.1 Å². The number of hydrogen-bond donors (Lipinski definition) is 3. The zero-order valence-corrected chi connectivity index (χ0v) is 17.7. The van der Waals surface area contributed by atoms with E-state index in [1.165, 1.54) is 0 Å². The Morgan fingerprint density at radius 2 is 0.640 bits per heavy atom. The molecule has 25 heavy (non-hydrogen) atoms. The molecule has 0 rings (SSSR count). The number of nitrogens with zero attached hydrogens (tertiary/aromatic N) is 3. The average Bonchev–Trinajstić information content (AvgIpc) is 2.24. The summed E-state index contributed by atoms with van der Waals surface area (Å²) in [5.74, 6) is 0. The number of aliphatic hydroxyl groups is 3. The van der Waals surface area contributed by atoms with Gasteiger partial charge in [0, 0.05) is 0 Å². The second-order valence-corrected chi connectivity index (χ2v) is 8.50. The van der Waals surface area contributed by atoms with Crippen molar-refractivity contribution in [2.75, 3.05) is 103 Å². The van der Waals surface area contributed by atoms with Gasteiger partial charge in [-0.05, 0) is 0 Å². The summed E-state index contributed by atoms with van der Waals surface area (Å²) in [6, 6.07) is 0. The molecule has 0 aliphatic rings. The van der Waals surface area contributed by atoms with E-state index in [2.05, 4.69) is 63.4 Å². The van der Waals surface area contributed by atoms with Crippen molar-refractivity contribution < 1.29 is 43.8 Å². The summed E-state index contributed by atoms with van der Waals surface area (Å²) in [4.78, 5) is 0. The van der Waals surface area contributed by atoms with Crippen LogP contribution in [0.4, 0.5) is 0 Å². The van der Waals surface area contributed by atoms with Gasteiger partial charge in [0.25, 0.3) is 0 Å². The van der Waals surface area contributed by atoms with Gasteiger partial charge in [-0.3, -0.25) is 7.32 Å². The quantitative estimate of drug-likeness (QED) is 0.317. The van der Waals surface area contributed by atoms with Crippen LogP contribution in [0.2, 0.25) is 0 Å². The minimum Gasteiger partial charge on any atom is -0.907 e. The molecule has 0 aromatic rings. The Labute approximate surface area is 154 Å². The van der Waals surface area contributed by atoms with Crippen LogP contribution in [0.3, 0.4) is 0 Å². The third-order valence-corrected chi connectivity index (χ3v) is 2.31. The molecule has 0 amide bonds. The Morgan fingerprint density at radius 1 is 0.520 bits per heavy atom. The van der Waals surface area contributed by atoms with Crippen molar-refractivity contribution in [1.29, 1.82) is 0 Å². The molecule has 3 N–H and O–H groups in total. The summed E-state index contributed by atoms with van der Waals surface area (Å²) in [6.45, 7) is 3.34. The van der Waals surface area contributed by atoms with Crippen LogP contribution in [-0.4, -0.2) is 139 Å². The topological polar surface area (TPSA) is 130 Å². The summed E-state index contributed by atoms with van der Waals surface area (Å²) in [7, 11) is 15.5. The Balaban J connectivity index is -0.000000120. The Hall–Kier alpha value is -0.295. The molecule has 0 saturated carbocycles. The van der Waals surface area contributed by atoms with Crippen molar-refractivity contribution in [3.05, 3.63) is 0 Å². The first-order valence-corrected chi connectivity index (χ1v) is 8.13. The molecule has 0 aromatic heterocycles. The van der Waals surface area contributed by atoms with Crippen molar-refractivity contribution in [3.8, 4) is 0 Å². The first-order valence-electron chi connectivity index (χ1n) is 8.13. The highest BCUT2D eigenvalue weighted by Gasteiger charge is 2.03. The molecule has 156 valence electrons. The summed E-state index contributed by atoms with van der Waals surface area (Å²) in [5.41, 5.74) is 0. The highest BCUT2D eigenvalue weighted by Crippen LogP contribution is 1.85. The smallest absolute Gasteiger partial charge is 0.101 e. The normalized spacial score (nSPS) is 11.2. The number of rotatable bonds is 6. The zero-order valence-electron chi connectivity index (χ0n) is 17.7. The Morgan fingerprint density at radius 3 is 0.640 bits per heavy atom. The molecule has 0 radical (unpaired) electrons. The van der Waals surface area contributed by atoms with Crippen molar-refractivity contribution in [3.63, 3.8) is 0 Å². The maximum Gasteiger partial charge on any atom is 0.101 e.